The molecule has 0 saturated heterocycles. The van der Waals surface area contributed by atoms with E-state index in [0.717, 1.165) is 0 Å². The fraction of sp³-hybridized carbons (Fsp3) is 0.400. The third-order valence-corrected chi connectivity index (χ3v) is 2.53. The summed E-state index contributed by atoms with van der Waals surface area (Å²) >= 11 is 11.9. The van der Waals surface area contributed by atoms with Crippen LogP contribution in [-0.2, 0) is 4.79 Å². The second-order valence-corrected chi connectivity index (χ2v) is 4.12. The van der Waals surface area contributed by atoms with E-state index < -0.39 is 0 Å². The van der Waals surface area contributed by atoms with Crippen LogP contribution in [0.2, 0.25) is 10.0 Å². The Kier molecular flexibility index (Phi) is 5.31. The lowest BCUT2D eigenvalue weighted by Gasteiger charge is -2.10. The molecule has 94 valence electrons. The maximum absolute atomic E-state index is 10.7. The zero-order valence-corrected chi connectivity index (χ0v) is 11.1. The van der Waals surface area contributed by atoms with Crippen LogP contribution in [0.15, 0.2) is 6.07 Å². The third-order valence-electron chi connectivity index (χ3n) is 1.96. The van der Waals surface area contributed by atoms with Crippen LogP contribution in [0.25, 0.3) is 0 Å². The molecule has 0 spiro atoms. The number of aromatic nitrogens is 1. The van der Waals surface area contributed by atoms with Crippen LogP contribution >= 0.6 is 23.2 Å². The van der Waals surface area contributed by atoms with E-state index in [1.165, 1.54) is 6.92 Å². The summed E-state index contributed by atoms with van der Waals surface area (Å²) in [6.07, 6.45) is 0. The Labute approximate surface area is 110 Å². The number of hydrogen-bond donors (Lipinski definition) is 3. The van der Waals surface area contributed by atoms with E-state index in [-0.39, 0.29) is 5.91 Å². The van der Waals surface area contributed by atoms with Gasteiger partial charge in [-0.1, -0.05) is 23.2 Å². The molecule has 7 heteroatoms. The second-order valence-electron chi connectivity index (χ2n) is 3.31. The lowest BCUT2D eigenvalue weighted by molar-refractivity contribution is -0.118. The van der Waals surface area contributed by atoms with Crippen LogP contribution in [0.4, 0.5) is 11.6 Å². The predicted octanol–water partition coefficient (Wildman–Crippen LogP) is 1.98. The number of nitrogens with one attached hydrogen (secondary N) is 3. The van der Waals surface area contributed by atoms with E-state index in [4.69, 9.17) is 23.2 Å². The van der Waals surface area contributed by atoms with Crippen molar-refractivity contribution in [2.75, 3.05) is 30.8 Å². The lowest BCUT2D eigenvalue weighted by Crippen LogP contribution is -2.26. The van der Waals surface area contributed by atoms with Crippen molar-refractivity contribution in [3.63, 3.8) is 0 Å². The summed E-state index contributed by atoms with van der Waals surface area (Å²) in [5.41, 5.74) is 0. The Hall–Kier alpha value is -1.20. The van der Waals surface area contributed by atoms with E-state index in [1.54, 1.807) is 13.1 Å². The fourth-order valence-corrected chi connectivity index (χ4v) is 1.71. The molecule has 3 N–H and O–H groups in total. The molecule has 1 heterocycles. The van der Waals surface area contributed by atoms with Crippen molar-refractivity contribution in [1.29, 1.82) is 0 Å². The molecule has 0 bridgehead atoms. The molecule has 0 fully saturated rings. The summed E-state index contributed by atoms with van der Waals surface area (Å²) in [7, 11) is 1.73. The maximum atomic E-state index is 10.7. The normalized spacial score (nSPS) is 9.88. The molecular formula is C10H14Cl2N4O. The van der Waals surface area contributed by atoms with Crippen LogP contribution in [0.1, 0.15) is 6.92 Å². The van der Waals surface area contributed by atoms with Gasteiger partial charge in [0, 0.05) is 27.1 Å². The molecule has 0 aliphatic heterocycles. The summed E-state index contributed by atoms with van der Waals surface area (Å²) in [5, 5.41) is 9.44. The minimum absolute atomic E-state index is 0.0714. The number of pyridine rings is 1. The number of amides is 1. The molecule has 1 rings (SSSR count). The molecule has 0 unspecified atom stereocenters. The van der Waals surface area contributed by atoms with E-state index in [0.29, 0.717) is 34.8 Å². The van der Waals surface area contributed by atoms with Gasteiger partial charge in [-0.3, -0.25) is 4.79 Å². The van der Waals surface area contributed by atoms with Gasteiger partial charge < -0.3 is 16.0 Å². The Balaban J connectivity index is 2.61. The Bertz CT molecular complexity index is 412. The number of halogens is 2. The molecule has 1 amide bonds. The van der Waals surface area contributed by atoms with Gasteiger partial charge in [0.2, 0.25) is 5.91 Å². The summed E-state index contributed by atoms with van der Waals surface area (Å²) in [6.45, 7) is 2.51. The van der Waals surface area contributed by atoms with E-state index >= 15 is 0 Å². The van der Waals surface area contributed by atoms with Crippen molar-refractivity contribution in [1.82, 2.24) is 10.3 Å². The summed E-state index contributed by atoms with van der Waals surface area (Å²) in [5.74, 6) is 1.02. The Morgan fingerprint density at radius 2 is 1.94 bits per heavy atom. The molecule has 1 aromatic rings. The number of nitrogens with zero attached hydrogens (tertiary/aromatic N) is 1. The van der Waals surface area contributed by atoms with Crippen molar-refractivity contribution in [3.05, 3.63) is 16.1 Å². The van der Waals surface area contributed by atoms with Crippen molar-refractivity contribution in [2.45, 2.75) is 6.92 Å². The molecular weight excluding hydrogens is 263 g/mol. The van der Waals surface area contributed by atoms with Crippen molar-refractivity contribution in [2.24, 2.45) is 0 Å². The number of carbonyl (C=O) groups excluding carboxylic acids is 1. The van der Waals surface area contributed by atoms with Crippen molar-refractivity contribution in [3.8, 4) is 0 Å². The summed E-state index contributed by atoms with van der Waals surface area (Å²) in [6, 6.07) is 1.61. The van der Waals surface area contributed by atoms with Gasteiger partial charge in [-0.15, -0.1) is 0 Å². The van der Waals surface area contributed by atoms with Gasteiger partial charge in [0.25, 0.3) is 0 Å². The van der Waals surface area contributed by atoms with Crippen LogP contribution < -0.4 is 16.0 Å². The maximum Gasteiger partial charge on any atom is 0.216 e. The Morgan fingerprint density at radius 3 is 2.53 bits per heavy atom. The molecule has 5 nitrogen and oxygen atoms in total. The van der Waals surface area contributed by atoms with Gasteiger partial charge in [-0.05, 0) is 6.07 Å². The number of anilines is 2. The summed E-state index contributed by atoms with van der Waals surface area (Å²) in [4.78, 5) is 14.9. The van der Waals surface area contributed by atoms with Gasteiger partial charge in [0.1, 0.15) is 11.6 Å². The standard InChI is InChI=1S/C10H14Cl2N4O/c1-6(17)14-3-4-15-10-8(12)5-7(11)9(13-2)16-10/h5H,3-4H2,1-2H3,(H,14,17)(H2,13,15,16). The molecule has 1 aromatic heterocycles. The zero-order valence-electron chi connectivity index (χ0n) is 9.60. The highest BCUT2D eigenvalue weighted by Crippen LogP contribution is 2.28. The fourth-order valence-electron chi connectivity index (χ4n) is 1.19. The minimum atomic E-state index is -0.0714. The van der Waals surface area contributed by atoms with Gasteiger partial charge in [0.15, 0.2) is 0 Å². The van der Waals surface area contributed by atoms with Crippen molar-refractivity contribution < 1.29 is 4.79 Å². The van der Waals surface area contributed by atoms with E-state index in [1.807, 2.05) is 0 Å². The van der Waals surface area contributed by atoms with Gasteiger partial charge in [0.05, 0.1) is 10.0 Å². The average molecular weight is 277 g/mol. The molecule has 0 aromatic carbocycles. The quantitative estimate of drug-likeness (QED) is 0.720. The molecule has 0 radical (unpaired) electrons. The first-order chi connectivity index (χ1) is 8.04. The SMILES string of the molecule is CNc1nc(NCCNC(C)=O)c(Cl)cc1Cl. The van der Waals surface area contributed by atoms with E-state index in [9.17, 15) is 4.79 Å². The topological polar surface area (TPSA) is 66.1 Å². The molecule has 0 saturated carbocycles. The zero-order chi connectivity index (χ0) is 12.8. The second kappa shape index (κ2) is 6.51. The molecule has 0 aliphatic rings. The van der Waals surface area contributed by atoms with Crippen LogP contribution in [-0.4, -0.2) is 31.0 Å². The average Bonchev–Trinajstić information content (AvgIpc) is 2.26. The predicted molar refractivity (Wildman–Crippen MR) is 71.0 cm³/mol. The largest absolute Gasteiger partial charge is 0.372 e. The van der Waals surface area contributed by atoms with Gasteiger partial charge in [-0.25, -0.2) is 4.98 Å². The van der Waals surface area contributed by atoms with Crippen LogP contribution in [0.5, 0.6) is 0 Å². The first-order valence-corrected chi connectivity index (χ1v) is 5.82. The van der Waals surface area contributed by atoms with Gasteiger partial charge in [-0.2, -0.15) is 0 Å². The third kappa shape index (κ3) is 4.28. The number of carbonyl (C=O) groups is 1. The smallest absolute Gasteiger partial charge is 0.216 e. The first-order valence-electron chi connectivity index (χ1n) is 5.06. The highest BCUT2D eigenvalue weighted by molar-refractivity contribution is 6.37. The molecule has 17 heavy (non-hydrogen) atoms. The highest BCUT2D eigenvalue weighted by Gasteiger charge is 2.07. The lowest BCUT2D eigenvalue weighted by atomic mass is 10.4. The monoisotopic (exact) mass is 276 g/mol. The number of hydrogen-bond acceptors (Lipinski definition) is 4. The highest BCUT2D eigenvalue weighted by atomic mass is 35.5. The molecule has 0 atom stereocenters. The Morgan fingerprint density at radius 1 is 1.29 bits per heavy atom. The molecule has 0 aliphatic carbocycles. The number of rotatable bonds is 5. The van der Waals surface area contributed by atoms with Crippen LogP contribution in [0.3, 0.4) is 0 Å². The van der Waals surface area contributed by atoms with Crippen molar-refractivity contribution >= 4 is 40.7 Å². The van der Waals surface area contributed by atoms with Crippen LogP contribution in [0, 0.1) is 0 Å². The minimum Gasteiger partial charge on any atom is -0.372 e. The first kappa shape index (κ1) is 13.9. The summed E-state index contributed by atoms with van der Waals surface area (Å²) < 4.78 is 0. The van der Waals surface area contributed by atoms with E-state index in [2.05, 4.69) is 20.9 Å². The van der Waals surface area contributed by atoms with Gasteiger partial charge >= 0.3 is 0 Å².